The van der Waals surface area contributed by atoms with E-state index in [0.29, 0.717) is 13.1 Å². The molecule has 6 nitrogen and oxygen atoms in total. The molecule has 1 aliphatic rings. The van der Waals surface area contributed by atoms with E-state index in [2.05, 4.69) is 5.10 Å². The topological polar surface area (TPSA) is 73.2 Å². The first-order valence-corrected chi connectivity index (χ1v) is 4.25. The van der Waals surface area contributed by atoms with Crippen molar-refractivity contribution in [3.05, 3.63) is 0 Å². The monoisotopic (exact) mass is 199 g/mol. The first kappa shape index (κ1) is 10.6. The number of hydrogen-bond acceptors (Lipinski definition) is 4. The van der Waals surface area contributed by atoms with Gasteiger partial charge in [-0.2, -0.15) is 5.10 Å². The van der Waals surface area contributed by atoms with Crippen LogP contribution in [0.4, 0.5) is 0 Å². The molecule has 14 heavy (non-hydrogen) atoms. The molecule has 78 valence electrons. The zero-order chi connectivity index (χ0) is 10.7. The molecule has 0 fully saturated rings. The zero-order valence-corrected chi connectivity index (χ0v) is 8.17. The number of hydrogen-bond donors (Lipinski definition) is 1. The molecule has 0 bridgehead atoms. The van der Waals surface area contributed by atoms with Crippen LogP contribution in [0, 0.1) is 5.92 Å². The largest absolute Gasteiger partial charge is 0.480 e. The fourth-order valence-corrected chi connectivity index (χ4v) is 1.06. The second-order valence-electron chi connectivity index (χ2n) is 3.35. The van der Waals surface area contributed by atoms with E-state index in [9.17, 15) is 9.59 Å². The minimum atomic E-state index is -1.15. The maximum atomic E-state index is 11.4. The van der Waals surface area contributed by atoms with Crippen LogP contribution in [0.1, 0.15) is 0 Å². The van der Waals surface area contributed by atoms with E-state index in [-0.39, 0.29) is 0 Å². The SMILES string of the molecule is CN(C)CCN1N=CC(C(=O)O)C1=O. The third-order valence-electron chi connectivity index (χ3n) is 1.90. The average molecular weight is 199 g/mol. The average Bonchev–Trinajstić information content (AvgIpc) is 2.43. The van der Waals surface area contributed by atoms with Crippen molar-refractivity contribution in [1.29, 1.82) is 0 Å². The lowest BCUT2D eigenvalue weighted by molar-refractivity contribution is -0.146. The molecule has 0 spiro atoms. The molecule has 1 rings (SSSR count). The quantitative estimate of drug-likeness (QED) is 0.594. The lowest BCUT2D eigenvalue weighted by atomic mass is 10.2. The summed E-state index contributed by atoms with van der Waals surface area (Å²) < 4.78 is 0. The number of rotatable bonds is 4. The van der Waals surface area contributed by atoms with Crippen molar-refractivity contribution < 1.29 is 14.7 Å². The standard InChI is InChI=1S/C8H13N3O3/c1-10(2)3-4-11-7(12)6(5-9-11)8(13)14/h5-6H,3-4H2,1-2H3,(H,13,14). The molecule has 0 saturated heterocycles. The molecule has 1 amide bonds. The first-order chi connectivity index (χ1) is 6.52. The van der Waals surface area contributed by atoms with Crippen LogP contribution < -0.4 is 0 Å². The fraction of sp³-hybridized carbons (Fsp3) is 0.625. The van der Waals surface area contributed by atoms with Gasteiger partial charge >= 0.3 is 5.97 Å². The van der Waals surface area contributed by atoms with Crippen molar-refractivity contribution in [1.82, 2.24) is 9.91 Å². The number of amides is 1. The molecule has 1 atom stereocenters. The summed E-state index contributed by atoms with van der Waals surface area (Å²) in [5.74, 6) is -2.71. The van der Waals surface area contributed by atoms with Crippen LogP contribution in [0.3, 0.4) is 0 Å². The Balaban J connectivity index is 2.49. The summed E-state index contributed by atoms with van der Waals surface area (Å²) in [6.45, 7) is 1.08. The van der Waals surface area contributed by atoms with Gasteiger partial charge in [-0.3, -0.25) is 9.59 Å². The van der Waals surface area contributed by atoms with Gasteiger partial charge in [-0.15, -0.1) is 0 Å². The van der Waals surface area contributed by atoms with Gasteiger partial charge in [0.1, 0.15) is 0 Å². The maximum absolute atomic E-state index is 11.4. The Morgan fingerprint density at radius 3 is 2.79 bits per heavy atom. The molecule has 0 radical (unpaired) electrons. The number of carbonyl (C=O) groups excluding carboxylic acids is 1. The van der Waals surface area contributed by atoms with Crippen molar-refractivity contribution in [2.75, 3.05) is 27.2 Å². The number of aliphatic carboxylic acids is 1. The van der Waals surface area contributed by atoms with E-state index in [1.807, 2.05) is 19.0 Å². The summed E-state index contributed by atoms with van der Waals surface area (Å²) in [7, 11) is 3.75. The van der Waals surface area contributed by atoms with Gasteiger partial charge in [-0.05, 0) is 14.1 Å². The van der Waals surface area contributed by atoms with Gasteiger partial charge in [0, 0.05) is 12.8 Å². The maximum Gasteiger partial charge on any atom is 0.321 e. The van der Waals surface area contributed by atoms with Crippen molar-refractivity contribution in [3.63, 3.8) is 0 Å². The molecule has 1 N–H and O–H groups in total. The predicted octanol–water partition coefficient (Wildman–Crippen LogP) is -0.923. The Bertz CT molecular complexity index is 275. The van der Waals surface area contributed by atoms with Crippen LogP contribution in [0.25, 0.3) is 0 Å². The highest BCUT2D eigenvalue weighted by Gasteiger charge is 2.33. The summed E-state index contributed by atoms with van der Waals surface area (Å²) in [5, 5.41) is 13.6. The second-order valence-corrected chi connectivity index (χ2v) is 3.35. The molecule has 0 aromatic carbocycles. The van der Waals surface area contributed by atoms with Crippen LogP contribution >= 0.6 is 0 Å². The highest BCUT2D eigenvalue weighted by atomic mass is 16.4. The van der Waals surface area contributed by atoms with E-state index in [4.69, 9.17) is 5.11 Å². The van der Waals surface area contributed by atoms with Gasteiger partial charge in [0.2, 0.25) is 0 Å². The molecule has 1 aliphatic heterocycles. The Kier molecular flexibility index (Phi) is 3.19. The van der Waals surface area contributed by atoms with Gasteiger partial charge in [0.15, 0.2) is 5.92 Å². The Hall–Kier alpha value is -1.43. The number of carboxylic acid groups (broad SMARTS) is 1. The predicted molar refractivity (Wildman–Crippen MR) is 49.9 cm³/mol. The normalized spacial score (nSPS) is 20.9. The highest BCUT2D eigenvalue weighted by Crippen LogP contribution is 2.09. The van der Waals surface area contributed by atoms with Crippen molar-refractivity contribution in [3.8, 4) is 0 Å². The van der Waals surface area contributed by atoms with Crippen LogP contribution in [0.5, 0.6) is 0 Å². The minimum absolute atomic E-state index is 0.423. The van der Waals surface area contributed by atoms with E-state index in [0.717, 1.165) is 0 Å². The van der Waals surface area contributed by atoms with Crippen LogP contribution in [-0.2, 0) is 9.59 Å². The first-order valence-electron chi connectivity index (χ1n) is 4.25. The van der Waals surface area contributed by atoms with Crippen molar-refractivity contribution >= 4 is 18.1 Å². The van der Waals surface area contributed by atoms with Crippen molar-refractivity contribution in [2.45, 2.75) is 0 Å². The second kappa shape index (κ2) is 4.19. The fourth-order valence-electron chi connectivity index (χ4n) is 1.06. The van der Waals surface area contributed by atoms with E-state index in [1.165, 1.54) is 11.2 Å². The number of carboxylic acids is 1. The number of nitrogens with zero attached hydrogens (tertiary/aromatic N) is 3. The number of likely N-dealkylation sites (N-methyl/N-ethyl adjacent to an activating group) is 1. The van der Waals surface area contributed by atoms with Crippen LogP contribution in [-0.4, -0.2) is 60.3 Å². The summed E-state index contributed by atoms with van der Waals surface area (Å²) in [4.78, 5) is 23.8. The molecule has 6 heteroatoms. The van der Waals surface area contributed by atoms with Gasteiger partial charge in [0.05, 0.1) is 6.54 Å². The zero-order valence-electron chi connectivity index (χ0n) is 8.17. The smallest absolute Gasteiger partial charge is 0.321 e. The molecule has 0 aromatic heterocycles. The number of carbonyl (C=O) groups is 2. The Morgan fingerprint density at radius 1 is 1.71 bits per heavy atom. The van der Waals surface area contributed by atoms with Gasteiger partial charge in [-0.25, -0.2) is 5.01 Å². The van der Waals surface area contributed by atoms with Gasteiger partial charge in [-0.1, -0.05) is 0 Å². The molecule has 1 heterocycles. The van der Waals surface area contributed by atoms with E-state index >= 15 is 0 Å². The van der Waals surface area contributed by atoms with E-state index in [1.54, 1.807) is 0 Å². The summed E-state index contributed by atoms with van der Waals surface area (Å²) in [5.41, 5.74) is 0. The van der Waals surface area contributed by atoms with Crippen molar-refractivity contribution in [2.24, 2.45) is 11.0 Å². The molecular weight excluding hydrogens is 186 g/mol. The number of hydrazone groups is 1. The molecule has 0 aliphatic carbocycles. The summed E-state index contributed by atoms with van der Waals surface area (Å²) in [6, 6.07) is 0. The molecule has 1 unspecified atom stereocenters. The van der Waals surface area contributed by atoms with E-state index < -0.39 is 17.8 Å². The molecule has 0 saturated carbocycles. The van der Waals surface area contributed by atoms with Crippen LogP contribution in [0.2, 0.25) is 0 Å². The minimum Gasteiger partial charge on any atom is -0.480 e. The molecular formula is C8H13N3O3. The summed E-state index contributed by atoms with van der Waals surface area (Å²) in [6.07, 6.45) is 1.17. The lowest BCUT2D eigenvalue weighted by Crippen LogP contribution is -2.34. The highest BCUT2D eigenvalue weighted by molar-refractivity contribution is 6.12. The molecule has 0 aromatic rings. The third-order valence-corrected chi connectivity index (χ3v) is 1.90. The Labute approximate surface area is 81.8 Å². The lowest BCUT2D eigenvalue weighted by Gasteiger charge is -2.15. The van der Waals surface area contributed by atoms with Crippen LogP contribution in [0.15, 0.2) is 5.10 Å². The summed E-state index contributed by atoms with van der Waals surface area (Å²) >= 11 is 0. The van der Waals surface area contributed by atoms with Gasteiger partial charge < -0.3 is 10.0 Å². The Morgan fingerprint density at radius 2 is 2.36 bits per heavy atom. The van der Waals surface area contributed by atoms with Gasteiger partial charge in [0.25, 0.3) is 5.91 Å². The third kappa shape index (κ3) is 2.29.